The molecule has 1 heterocycles. The first-order valence-electron chi connectivity index (χ1n) is 9.83. The van der Waals surface area contributed by atoms with Crippen molar-refractivity contribution in [3.63, 3.8) is 0 Å². The topological polar surface area (TPSA) is 56.2 Å². The largest absolute Gasteiger partial charge is 0.471 e. The Bertz CT molecular complexity index is 1310. The summed E-state index contributed by atoms with van der Waals surface area (Å²) in [6, 6.07) is 15.6. The van der Waals surface area contributed by atoms with Crippen molar-refractivity contribution in [2.45, 2.75) is 13.2 Å². The van der Waals surface area contributed by atoms with Crippen LogP contribution < -0.4 is 10.1 Å². The minimum Gasteiger partial charge on any atom is -0.471 e. The Morgan fingerprint density at radius 3 is 2.36 bits per heavy atom. The Hall–Kier alpha value is -3.78. The molecule has 1 amide bonds. The summed E-state index contributed by atoms with van der Waals surface area (Å²) in [6.45, 7) is 0.154. The minimum atomic E-state index is -0.614. The summed E-state index contributed by atoms with van der Waals surface area (Å²) in [4.78, 5) is 12.9. The van der Waals surface area contributed by atoms with Crippen LogP contribution in [-0.4, -0.2) is 15.7 Å². The number of nitrogens with one attached hydrogen (secondary N) is 1. The summed E-state index contributed by atoms with van der Waals surface area (Å²) >= 11 is 5.78. The van der Waals surface area contributed by atoms with Crippen molar-refractivity contribution in [3.05, 3.63) is 112 Å². The van der Waals surface area contributed by atoms with Gasteiger partial charge in [0.05, 0.1) is 11.6 Å². The van der Waals surface area contributed by atoms with E-state index in [0.29, 0.717) is 11.1 Å². The van der Waals surface area contributed by atoms with Crippen LogP contribution in [0, 0.1) is 17.5 Å². The number of nitrogens with zero attached hydrogens (tertiary/aromatic N) is 2. The lowest BCUT2D eigenvalue weighted by Gasteiger charge is -2.07. The predicted molar refractivity (Wildman–Crippen MR) is 118 cm³/mol. The summed E-state index contributed by atoms with van der Waals surface area (Å²) in [5.74, 6) is -2.00. The van der Waals surface area contributed by atoms with Crippen molar-refractivity contribution >= 4 is 23.2 Å². The predicted octanol–water partition coefficient (Wildman–Crippen LogP) is 5.83. The van der Waals surface area contributed by atoms with Gasteiger partial charge in [0, 0.05) is 11.9 Å². The van der Waals surface area contributed by atoms with E-state index in [9.17, 15) is 18.0 Å². The fourth-order valence-corrected chi connectivity index (χ4v) is 3.30. The van der Waals surface area contributed by atoms with Gasteiger partial charge in [0.1, 0.15) is 29.6 Å². The molecule has 3 aromatic carbocycles. The van der Waals surface area contributed by atoms with Gasteiger partial charge in [-0.2, -0.15) is 0 Å². The fraction of sp³-hybridized carbons (Fsp3) is 0.0833. The van der Waals surface area contributed by atoms with E-state index in [1.165, 1.54) is 47.3 Å². The second kappa shape index (κ2) is 9.79. The Labute approximate surface area is 192 Å². The number of hydrogen-bond donors (Lipinski definition) is 1. The maximum atomic E-state index is 13.5. The molecule has 4 rings (SSSR count). The van der Waals surface area contributed by atoms with Gasteiger partial charge < -0.3 is 10.1 Å². The van der Waals surface area contributed by atoms with Gasteiger partial charge in [-0.15, -0.1) is 5.10 Å². The molecule has 168 valence electrons. The van der Waals surface area contributed by atoms with Crippen LogP contribution in [0.25, 0.3) is 0 Å². The number of carbonyl (C=O) groups is 1. The first-order chi connectivity index (χ1) is 15.9. The van der Waals surface area contributed by atoms with Crippen molar-refractivity contribution in [2.75, 3.05) is 5.32 Å². The van der Waals surface area contributed by atoms with Gasteiger partial charge in [-0.3, -0.25) is 9.48 Å². The molecule has 33 heavy (non-hydrogen) atoms. The third-order valence-electron chi connectivity index (χ3n) is 4.65. The molecule has 0 fully saturated rings. The van der Waals surface area contributed by atoms with E-state index in [1.807, 2.05) is 0 Å². The zero-order chi connectivity index (χ0) is 23.4. The van der Waals surface area contributed by atoms with Crippen molar-refractivity contribution in [3.8, 4) is 5.88 Å². The quantitative estimate of drug-likeness (QED) is 0.369. The molecular weight excluding hydrogens is 455 g/mol. The van der Waals surface area contributed by atoms with Gasteiger partial charge in [0.25, 0.3) is 5.91 Å². The van der Waals surface area contributed by atoms with Crippen LogP contribution in [0.5, 0.6) is 5.88 Å². The summed E-state index contributed by atoms with van der Waals surface area (Å²) in [5, 5.41) is 6.77. The van der Waals surface area contributed by atoms with E-state index in [1.54, 1.807) is 24.3 Å². The zero-order valence-electron chi connectivity index (χ0n) is 17.1. The average molecular weight is 472 g/mol. The highest BCUT2D eigenvalue weighted by atomic mass is 35.5. The lowest BCUT2D eigenvalue weighted by molar-refractivity contribution is 0.102. The highest BCUT2D eigenvalue weighted by molar-refractivity contribution is 6.31. The van der Waals surface area contributed by atoms with E-state index < -0.39 is 23.4 Å². The Balaban J connectivity index is 1.59. The zero-order valence-corrected chi connectivity index (χ0v) is 17.8. The van der Waals surface area contributed by atoms with E-state index >= 15 is 0 Å². The molecule has 0 bridgehead atoms. The smallest absolute Gasteiger partial charge is 0.262 e. The van der Waals surface area contributed by atoms with Gasteiger partial charge in [-0.05, 0) is 53.6 Å². The molecule has 0 atom stereocenters. The highest BCUT2D eigenvalue weighted by Gasteiger charge is 2.19. The number of halogens is 4. The first kappa shape index (κ1) is 22.4. The van der Waals surface area contributed by atoms with Crippen LogP contribution in [-0.2, 0) is 13.2 Å². The van der Waals surface area contributed by atoms with Gasteiger partial charge >= 0.3 is 0 Å². The number of benzene rings is 3. The van der Waals surface area contributed by atoms with Gasteiger partial charge in [0.15, 0.2) is 0 Å². The maximum Gasteiger partial charge on any atom is 0.262 e. The van der Waals surface area contributed by atoms with Crippen molar-refractivity contribution in [1.82, 2.24) is 9.78 Å². The first-order valence-corrected chi connectivity index (χ1v) is 10.2. The van der Waals surface area contributed by atoms with Crippen molar-refractivity contribution < 1.29 is 22.7 Å². The van der Waals surface area contributed by atoms with E-state index in [4.69, 9.17) is 16.3 Å². The molecule has 1 N–H and O–H groups in total. The summed E-state index contributed by atoms with van der Waals surface area (Å²) in [6.07, 6.45) is 1.45. The molecule has 0 saturated carbocycles. The van der Waals surface area contributed by atoms with E-state index in [0.717, 1.165) is 6.07 Å². The second-order valence-corrected chi connectivity index (χ2v) is 7.58. The number of rotatable bonds is 7. The van der Waals surface area contributed by atoms with Crippen LogP contribution >= 0.6 is 11.6 Å². The highest BCUT2D eigenvalue weighted by Crippen LogP contribution is 2.23. The van der Waals surface area contributed by atoms with E-state index in [2.05, 4.69) is 10.4 Å². The van der Waals surface area contributed by atoms with Crippen LogP contribution in [0.2, 0.25) is 5.02 Å². The lowest BCUT2D eigenvalue weighted by Crippen LogP contribution is -2.13. The monoisotopic (exact) mass is 471 g/mol. The number of carbonyl (C=O) groups excluding carboxylic acids is 1. The third kappa shape index (κ3) is 5.72. The molecule has 0 aliphatic carbocycles. The molecule has 4 aromatic rings. The minimum absolute atomic E-state index is 0.00127. The number of amides is 1. The van der Waals surface area contributed by atoms with E-state index in [-0.39, 0.29) is 35.3 Å². The standard InChI is InChI=1S/C24H17ClF3N3O2/c25-21-11-19(7-8-22(21)28)29-23(32)20-13-31(12-15-3-1-5-17(26)9-15)30-24(20)33-14-16-4-2-6-18(27)10-16/h1-11,13H,12,14H2,(H,29,32). The van der Waals surface area contributed by atoms with Crippen LogP contribution in [0.1, 0.15) is 21.5 Å². The molecule has 0 saturated heterocycles. The van der Waals surface area contributed by atoms with Gasteiger partial charge in [0.2, 0.25) is 5.88 Å². The number of aromatic nitrogens is 2. The third-order valence-corrected chi connectivity index (χ3v) is 4.94. The Morgan fingerprint density at radius 1 is 0.970 bits per heavy atom. The Kier molecular flexibility index (Phi) is 6.65. The molecule has 1 aromatic heterocycles. The van der Waals surface area contributed by atoms with Gasteiger partial charge in [-0.25, -0.2) is 13.2 Å². The number of hydrogen-bond acceptors (Lipinski definition) is 3. The fourth-order valence-electron chi connectivity index (χ4n) is 3.12. The Morgan fingerprint density at radius 2 is 1.67 bits per heavy atom. The average Bonchev–Trinajstić information content (AvgIpc) is 3.18. The molecule has 5 nitrogen and oxygen atoms in total. The maximum absolute atomic E-state index is 13.5. The van der Waals surface area contributed by atoms with Crippen LogP contribution in [0.4, 0.5) is 18.9 Å². The van der Waals surface area contributed by atoms with Gasteiger partial charge in [-0.1, -0.05) is 35.9 Å². The van der Waals surface area contributed by atoms with Crippen LogP contribution in [0.3, 0.4) is 0 Å². The lowest BCUT2D eigenvalue weighted by atomic mass is 10.2. The number of anilines is 1. The summed E-state index contributed by atoms with van der Waals surface area (Å²) in [7, 11) is 0. The normalized spacial score (nSPS) is 10.8. The molecule has 9 heteroatoms. The van der Waals surface area contributed by atoms with Crippen LogP contribution in [0.15, 0.2) is 72.9 Å². The second-order valence-electron chi connectivity index (χ2n) is 7.18. The van der Waals surface area contributed by atoms with Crippen molar-refractivity contribution in [2.24, 2.45) is 0 Å². The molecule has 0 unspecified atom stereocenters. The summed E-state index contributed by atoms with van der Waals surface area (Å²) < 4.78 is 47.6. The molecule has 0 spiro atoms. The molecule has 0 radical (unpaired) electrons. The molecular formula is C24H17ClF3N3O2. The molecule has 0 aliphatic heterocycles. The SMILES string of the molecule is O=C(Nc1ccc(F)c(Cl)c1)c1cn(Cc2cccc(F)c2)nc1OCc1cccc(F)c1. The number of ether oxygens (including phenoxy) is 1. The summed E-state index contributed by atoms with van der Waals surface area (Å²) in [5.41, 5.74) is 1.54. The molecule has 0 aliphatic rings. The van der Waals surface area contributed by atoms with Crippen molar-refractivity contribution in [1.29, 1.82) is 0 Å².